The van der Waals surface area contributed by atoms with E-state index in [0.717, 1.165) is 6.54 Å². The van der Waals surface area contributed by atoms with Crippen molar-refractivity contribution in [2.75, 3.05) is 33.9 Å². The van der Waals surface area contributed by atoms with Gasteiger partial charge in [0.25, 0.3) is 0 Å². The summed E-state index contributed by atoms with van der Waals surface area (Å²) in [7, 11) is 2.85. The zero-order valence-electron chi connectivity index (χ0n) is 10.3. The molecule has 1 heterocycles. The Morgan fingerprint density at radius 1 is 1.39 bits per heavy atom. The molecule has 0 radical (unpaired) electrons. The van der Waals surface area contributed by atoms with E-state index >= 15 is 0 Å². The van der Waals surface area contributed by atoms with E-state index in [1.807, 2.05) is 0 Å². The van der Waals surface area contributed by atoms with E-state index in [0.29, 0.717) is 23.2 Å². The second-order valence-electron chi connectivity index (χ2n) is 3.89. The molecule has 4 nitrogen and oxygen atoms in total. The molecule has 0 saturated carbocycles. The van der Waals surface area contributed by atoms with Crippen LogP contribution in [0.15, 0.2) is 10.5 Å². The first-order valence-electron chi connectivity index (χ1n) is 5.61. The molecule has 100 valence electrons. The van der Waals surface area contributed by atoms with Crippen LogP contribution in [0.4, 0.5) is 4.39 Å². The van der Waals surface area contributed by atoms with Gasteiger partial charge in [0.05, 0.1) is 31.4 Å². The molecule has 1 saturated heterocycles. The molecule has 1 unspecified atom stereocenters. The molecule has 1 aromatic carbocycles. The largest absolute Gasteiger partial charge is 0.493 e. The Hall–Kier alpha value is -0.850. The van der Waals surface area contributed by atoms with Gasteiger partial charge in [-0.25, -0.2) is 0 Å². The number of methoxy groups -OCH3 is 2. The molecular weight excluding hydrogens is 305 g/mol. The average Bonchev–Trinajstić information content (AvgIpc) is 2.39. The summed E-state index contributed by atoms with van der Waals surface area (Å²) in [5.74, 6) is -0.207. The van der Waals surface area contributed by atoms with Crippen LogP contribution in [-0.2, 0) is 4.74 Å². The number of morpholine rings is 1. The predicted molar refractivity (Wildman–Crippen MR) is 68.8 cm³/mol. The summed E-state index contributed by atoms with van der Waals surface area (Å²) in [5, 5.41) is 3.20. The molecule has 1 aromatic rings. The third-order valence-electron chi connectivity index (χ3n) is 2.84. The van der Waals surface area contributed by atoms with E-state index in [2.05, 4.69) is 21.2 Å². The Morgan fingerprint density at radius 2 is 2.11 bits per heavy atom. The van der Waals surface area contributed by atoms with Crippen molar-refractivity contribution in [1.29, 1.82) is 0 Å². The van der Waals surface area contributed by atoms with Crippen LogP contribution in [0.2, 0.25) is 0 Å². The molecule has 1 aliphatic rings. The molecular formula is C12H15BrFNO3. The lowest BCUT2D eigenvalue weighted by molar-refractivity contribution is 0.0258. The molecule has 2 rings (SSSR count). The van der Waals surface area contributed by atoms with Gasteiger partial charge >= 0.3 is 0 Å². The van der Waals surface area contributed by atoms with Crippen LogP contribution < -0.4 is 14.8 Å². The highest BCUT2D eigenvalue weighted by molar-refractivity contribution is 9.10. The summed E-state index contributed by atoms with van der Waals surface area (Å²) in [4.78, 5) is 0. The standard InChI is InChI=1S/C12H15BrFNO3/c1-16-11-7(9-6-15-3-4-18-9)5-8(13)12(17-2)10(11)14/h5,9,15H,3-4,6H2,1-2H3. The fourth-order valence-electron chi connectivity index (χ4n) is 2.00. The van der Waals surface area contributed by atoms with Gasteiger partial charge in [0.1, 0.15) is 0 Å². The van der Waals surface area contributed by atoms with Crippen molar-refractivity contribution in [3.8, 4) is 11.5 Å². The highest BCUT2D eigenvalue weighted by atomic mass is 79.9. The maximum Gasteiger partial charge on any atom is 0.208 e. The predicted octanol–water partition coefficient (Wildman–Crippen LogP) is 2.27. The molecule has 0 aromatic heterocycles. The van der Waals surface area contributed by atoms with E-state index in [1.54, 1.807) is 6.07 Å². The minimum atomic E-state index is -0.515. The van der Waals surface area contributed by atoms with E-state index in [9.17, 15) is 4.39 Å². The molecule has 1 fully saturated rings. The summed E-state index contributed by atoms with van der Waals surface area (Å²) < 4.78 is 30.5. The van der Waals surface area contributed by atoms with Crippen LogP contribution in [0.5, 0.6) is 11.5 Å². The second-order valence-corrected chi connectivity index (χ2v) is 4.75. The van der Waals surface area contributed by atoms with E-state index in [1.165, 1.54) is 14.2 Å². The Labute approximate surface area is 114 Å². The molecule has 18 heavy (non-hydrogen) atoms. The Bertz CT molecular complexity index is 436. The third kappa shape index (κ3) is 2.46. The quantitative estimate of drug-likeness (QED) is 0.927. The van der Waals surface area contributed by atoms with Gasteiger partial charge in [-0.15, -0.1) is 0 Å². The zero-order chi connectivity index (χ0) is 13.1. The zero-order valence-corrected chi connectivity index (χ0v) is 11.8. The van der Waals surface area contributed by atoms with Crippen molar-refractivity contribution in [3.63, 3.8) is 0 Å². The first kappa shape index (κ1) is 13.6. The molecule has 6 heteroatoms. The molecule has 1 N–H and O–H groups in total. The SMILES string of the molecule is COc1c(Br)cc(C2CNCCO2)c(OC)c1F. The number of ether oxygens (including phenoxy) is 3. The fourth-order valence-corrected chi connectivity index (χ4v) is 2.58. The smallest absolute Gasteiger partial charge is 0.208 e. The van der Waals surface area contributed by atoms with Crippen molar-refractivity contribution in [1.82, 2.24) is 5.32 Å². The number of hydrogen-bond donors (Lipinski definition) is 1. The van der Waals surface area contributed by atoms with Gasteiger partial charge in [-0.2, -0.15) is 4.39 Å². The van der Waals surface area contributed by atoms with Crippen molar-refractivity contribution in [2.24, 2.45) is 0 Å². The first-order chi connectivity index (χ1) is 8.69. The van der Waals surface area contributed by atoms with Gasteiger partial charge in [0.2, 0.25) is 5.82 Å². The Kier molecular flexibility index (Phi) is 4.42. The van der Waals surface area contributed by atoms with Crippen LogP contribution in [0.3, 0.4) is 0 Å². The molecule has 0 bridgehead atoms. The second kappa shape index (κ2) is 5.86. The fraction of sp³-hybridized carbons (Fsp3) is 0.500. The summed E-state index contributed by atoms with van der Waals surface area (Å²) in [6.45, 7) is 2.03. The van der Waals surface area contributed by atoms with Crippen LogP contribution in [0.1, 0.15) is 11.7 Å². The number of nitrogens with one attached hydrogen (secondary N) is 1. The van der Waals surface area contributed by atoms with Crippen LogP contribution >= 0.6 is 15.9 Å². The van der Waals surface area contributed by atoms with E-state index in [-0.39, 0.29) is 17.6 Å². The van der Waals surface area contributed by atoms with Crippen molar-refractivity contribution < 1.29 is 18.6 Å². The minimum absolute atomic E-state index is 0.138. The molecule has 1 atom stereocenters. The van der Waals surface area contributed by atoms with Gasteiger partial charge in [-0.1, -0.05) is 0 Å². The molecule has 0 aliphatic carbocycles. The van der Waals surface area contributed by atoms with Gasteiger partial charge in [-0.3, -0.25) is 0 Å². The van der Waals surface area contributed by atoms with Crippen molar-refractivity contribution in [3.05, 3.63) is 21.9 Å². The van der Waals surface area contributed by atoms with Gasteiger partial charge in [0.15, 0.2) is 11.5 Å². The first-order valence-corrected chi connectivity index (χ1v) is 6.40. The van der Waals surface area contributed by atoms with E-state index in [4.69, 9.17) is 14.2 Å². The lowest BCUT2D eigenvalue weighted by Gasteiger charge is -2.26. The molecule has 0 spiro atoms. The minimum Gasteiger partial charge on any atom is -0.493 e. The average molecular weight is 320 g/mol. The van der Waals surface area contributed by atoms with Crippen molar-refractivity contribution in [2.45, 2.75) is 6.10 Å². The maximum absolute atomic E-state index is 14.2. The summed E-state index contributed by atoms with van der Waals surface area (Å²) in [6, 6.07) is 1.78. The van der Waals surface area contributed by atoms with Crippen LogP contribution in [0, 0.1) is 5.82 Å². The van der Waals surface area contributed by atoms with E-state index < -0.39 is 5.82 Å². The van der Waals surface area contributed by atoms with Crippen LogP contribution in [-0.4, -0.2) is 33.9 Å². The summed E-state index contributed by atoms with van der Waals surface area (Å²) in [6.07, 6.45) is -0.217. The van der Waals surface area contributed by atoms with Crippen LogP contribution in [0.25, 0.3) is 0 Å². The Morgan fingerprint density at radius 3 is 2.67 bits per heavy atom. The lowest BCUT2D eigenvalue weighted by Crippen LogP contribution is -2.33. The number of benzene rings is 1. The van der Waals surface area contributed by atoms with Gasteiger partial charge < -0.3 is 19.5 Å². The summed E-state index contributed by atoms with van der Waals surface area (Å²) in [5.41, 5.74) is 0.676. The highest BCUT2D eigenvalue weighted by Crippen LogP contribution is 2.40. The van der Waals surface area contributed by atoms with Gasteiger partial charge in [-0.05, 0) is 22.0 Å². The third-order valence-corrected chi connectivity index (χ3v) is 3.43. The maximum atomic E-state index is 14.2. The number of rotatable bonds is 3. The number of halogens is 2. The Balaban J connectivity index is 2.45. The lowest BCUT2D eigenvalue weighted by atomic mass is 10.1. The summed E-state index contributed by atoms with van der Waals surface area (Å²) >= 11 is 3.29. The topological polar surface area (TPSA) is 39.7 Å². The molecule has 1 aliphatic heterocycles. The number of hydrogen-bond acceptors (Lipinski definition) is 4. The normalized spacial score (nSPS) is 19.7. The monoisotopic (exact) mass is 319 g/mol. The van der Waals surface area contributed by atoms with Gasteiger partial charge in [0, 0.05) is 18.7 Å². The highest BCUT2D eigenvalue weighted by Gasteiger charge is 2.26. The van der Waals surface area contributed by atoms with Crippen molar-refractivity contribution >= 4 is 15.9 Å². The molecule has 0 amide bonds.